The number of para-hydroxylation sites is 1. The van der Waals surface area contributed by atoms with Crippen molar-refractivity contribution < 1.29 is 4.74 Å². The van der Waals surface area contributed by atoms with Gasteiger partial charge in [-0.2, -0.15) is 15.0 Å². The quantitative estimate of drug-likeness (QED) is 0.430. The Morgan fingerprint density at radius 3 is 2.68 bits per heavy atom. The van der Waals surface area contributed by atoms with Crippen molar-refractivity contribution in [1.29, 1.82) is 10.5 Å². The third-order valence-electron chi connectivity index (χ3n) is 5.02. The highest BCUT2D eigenvalue weighted by Crippen LogP contribution is 2.34. The molecule has 3 heterocycles. The molecule has 0 aliphatic heterocycles. The molecular weight excluding hydrogens is 430 g/mol. The van der Waals surface area contributed by atoms with E-state index in [2.05, 4.69) is 37.2 Å². The third kappa shape index (κ3) is 3.72. The van der Waals surface area contributed by atoms with Crippen molar-refractivity contribution in [2.75, 3.05) is 5.73 Å². The van der Waals surface area contributed by atoms with Gasteiger partial charge >= 0.3 is 0 Å². The van der Waals surface area contributed by atoms with Gasteiger partial charge in [0.15, 0.2) is 11.5 Å². The highest BCUT2D eigenvalue weighted by molar-refractivity contribution is 5.89. The zero-order valence-corrected chi connectivity index (χ0v) is 17.6. The van der Waals surface area contributed by atoms with Crippen LogP contribution in [-0.4, -0.2) is 29.5 Å². The molecule has 0 amide bonds. The van der Waals surface area contributed by atoms with Gasteiger partial charge in [-0.15, -0.1) is 5.10 Å². The van der Waals surface area contributed by atoms with Crippen molar-refractivity contribution in [3.05, 3.63) is 84.1 Å². The average molecular weight is 445 g/mol. The predicted molar refractivity (Wildman–Crippen MR) is 122 cm³/mol. The van der Waals surface area contributed by atoms with Crippen molar-refractivity contribution in [1.82, 2.24) is 29.5 Å². The number of hydrogen-bond donors (Lipinski definition) is 1. The highest BCUT2D eigenvalue weighted by Gasteiger charge is 2.21. The standard InChI is InChI=1S/C24H15N9O/c25-11-15-4-3-6-16(10-15)22-21(18-8-9-28-14-29-18)23-30-20(32-33(23)24(27)31-22)13-34-19-7-2-1-5-17(19)12-26/h1-10,14H,13H2,(H2,27,31). The van der Waals surface area contributed by atoms with E-state index in [-0.39, 0.29) is 12.6 Å². The maximum Gasteiger partial charge on any atom is 0.223 e. The summed E-state index contributed by atoms with van der Waals surface area (Å²) < 4.78 is 7.21. The smallest absolute Gasteiger partial charge is 0.223 e. The number of nitrogens with zero attached hydrogens (tertiary/aromatic N) is 8. The zero-order chi connectivity index (χ0) is 23.5. The minimum absolute atomic E-state index is 0.0161. The summed E-state index contributed by atoms with van der Waals surface area (Å²) in [5.74, 6) is 0.890. The van der Waals surface area contributed by atoms with Crippen LogP contribution >= 0.6 is 0 Å². The second kappa shape index (κ2) is 8.65. The van der Waals surface area contributed by atoms with Crippen LogP contribution in [0.15, 0.2) is 67.1 Å². The van der Waals surface area contributed by atoms with E-state index in [0.29, 0.717) is 50.9 Å². The van der Waals surface area contributed by atoms with Crippen molar-refractivity contribution in [3.63, 3.8) is 0 Å². The number of fused-ring (bicyclic) bond motifs is 1. The molecule has 162 valence electrons. The fourth-order valence-electron chi connectivity index (χ4n) is 3.51. The highest BCUT2D eigenvalue weighted by atomic mass is 16.5. The first-order chi connectivity index (χ1) is 16.7. The molecule has 34 heavy (non-hydrogen) atoms. The normalized spacial score (nSPS) is 10.5. The van der Waals surface area contributed by atoms with Crippen LogP contribution in [0.1, 0.15) is 17.0 Å². The van der Waals surface area contributed by atoms with Gasteiger partial charge in [0.2, 0.25) is 5.95 Å². The van der Waals surface area contributed by atoms with Crippen LogP contribution in [-0.2, 0) is 6.61 Å². The minimum Gasteiger partial charge on any atom is -0.484 e. The number of rotatable bonds is 5. The number of nitriles is 2. The molecule has 3 aromatic heterocycles. The van der Waals surface area contributed by atoms with Gasteiger partial charge in [-0.3, -0.25) is 0 Å². The lowest BCUT2D eigenvalue weighted by molar-refractivity contribution is 0.295. The van der Waals surface area contributed by atoms with E-state index in [4.69, 9.17) is 10.5 Å². The molecule has 5 rings (SSSR count). The number of nitrogen functional groups attached to an aromatic ring is 1. The van der Waals surface area contributed by atoms with Crippen LogP contribution < -0.4 is 10.5 Å². The Balaban J connectivity index is 1.65. The zero-order valence-electron chi connectivity index (χ0n) is 17.6. The summed E-state index contributed by atoms with van der Waals surface area (Å²) in [6.45, 7) is 0.0161. The van der Waals surface area contributed by atoms with E-state index in [0.717, 1.165) is 0 Å². The second-order valence-corrected chi connectivity index (χ2v) is 7.14. The first kappa shape index (κ1) is 20.5. The lowest BCUT2D eigenvalue weighted by Crippen LogP contribution is -2.06. The number of anilines is 1. The van der Waals surface area contributed by atoms with Crippen molar-refractivity contribution in [3.8, 4) is 40.4 Å². The number of benzene rings is 2. The van der Waals surface area contributed by atoms with Crippen LogP contribution in [0.4, 0.5) is 5.95 Å². The van der Waals surface area contributed by atoms with Gasteiger partial charge in [0.1, 0.15) is 24.8 Å². The molecule has 10 heteroatoms. The Hall–Kier alpha value is -5.35. The van der Waals surface area contributed by atoms with Gasteiger partial charge in [0.25, 0.3) is 0 Å². The minimum atomic E-state index is 0.0161. The van der Waals surface area contributed by atoms with Gasteiger partial charge in [0, 0.05) is 11.8 Å². The van der Waals surface area contributed by atoms with E-state index in [1.807, 2.05) is 6.07 Å². The molecule has 5 aromatic rings. The lowest BCUT2D eigenvalue weighted by atomic mass is 10.0. The molecule has 0 radical (unpaired) electrons. The molecule has 0 saturated carbocycles. The summed E-state index contributed by atoms with van der Waals surface area (Å²) in [5, 5.41) is 23.1. The maximum absolute atomic E-state index is 9.34. The third-order valence-corrected chi connectivity index (χ3v) is 5.02. The molecule has 0 aliphatic carbocycles. The molecule has 0 spiro atoms. The largest absolute Gasteiger partial charge is 0.484 e. The van der Waals surface area contributed by atoms with E-state index in [1.54, 1.807) is 54.7 Å². The fraction of sp³-hybridized carbons (Fsp3) is 0.0417. The number of nitrogens with two attached hydrogens (primary N) is 1. The molecule has 0 unspecified atom stereocenters. The summed E-state index contributed by atoms with van der Waals surface area (Å²) in [7, 11) is 0. The maximum atomic E-state index is 9.34. The van der Waals surface area contributed by atoms with Crippen LogP contribution in [0, 0.1) is 22.7 Å². The van der Waals surface area contributed by atoms with E-state index in [9.17, 15) is 10.5 Å². The monoisotopic (exact) mass is 445 g/mol. The molecule has 0 aliphatic rings. The lowest BCUT2D eigenvalue weighted by Gasteiger charge is -2.11. The summed E-state index contributed by atoms with van der Waals surface area (Å²) in [6, 6.07) is 19.9. The number of hydrogen-bond acceptors (Lipinski definition) is 9. The summed E-state index contributed by atoms with van der Waals surface area (Å²) >= 11 is 0. The Kier molecular flexibility index (Phi) is 5.23. The van der Waals surface area contributed by atoms with Gasteiger partial charge in [-0.25, -0.2) is 19.9 Å². The first-order valence-corrected chi connectivity index (χ1v) is 10.1. The Morgan fingerprint density at radius 2 is 1.88 bits per heavy atom. The van der Waals surface area contributed by atoms with Gasteiger partial charge in [-0.1, -0.05) is 24.3 Å². The molecule has 2 aromatic carbocycles. The average Bonchev–Trinajstić information content (AvgIpc) is 3.33. The van der Waals surface area contributed by atoms with E-state index >= 15 is 0 Å². The molecule has 0 bridgehead atoms. The molecule has 0 saturated heterocycles. The molecular formula is C24H15N9O. The fourth-order valence-corrected chi connectivity index (χ4v) is 3.51. The number of ether oxygens (including phenoxy) is 1. The van der Waals surface area contributed by atoms with Crippen LogP contribution in [0.3, 0.4) is 0 Å². The predicted octanol–water partition coefficient (Wildman–Crippen LogP) is 3.15. The topological polar surface area (TPSA) is 152 Å². The van der Waals surface area contributed by atoms with Crippen molar-refractivity contribution in [2.24, 2.45) is 0 Å². The summed E-state index contributed by atoms with van der Waals surface area (Å²) in [5.41, 5.74) is 9.92. The Bertz CT molecular complexity index is 1600. The SMILES string of the molecule is N#Cc1cccc(-c2nc(N)n3nc(COc4ccccc4C#N)nc3c2-c2ccncn2)c1. The van der Waals surface area contributed by atoms with Crippen LogP contribution in [0.5, 0.6) is 5.75 Å². The summed E-state index contributed by atoms with van der Waals surface area (Å²) in [6.07, 6.45) is 3.04. The van der Waals surface area contributed by atoms with Crippen molar-refractivity contribution >= 4 is 11.6 Å². The van der Waals surface area contributed by atoms with Gasteiger partial charge < -0.3 is 10.5 Å². The van der Waals surface area contributed by atoms with Gasteiger partial charge in [-0.05, 0) is 30.3 Å². The summed E-state index contributed by atoms with van der Waals surface area (Å²) in [4.78, 5) is 17.6. The van der Waals surface area contributed by atoms with Crippen molar-refractivity contribution in [2.45, 2.75) is 6.61 Å². The first-order valence-electron chi connectivity index (χ1n) is 10.1. The molecule has 0 atom stereocenters. The Labute approximate surface area is 193 Å². The van der Waals surface area contributed by atoms with Gasteiger partial charge in [0.05, 0.1) is 34.1 Å². The molecule has 10 nitrogen and oxygen atoms in total. The van der Waals surface area contributed by atoms with Crippen LogP contribution in [0.2, 0.25) is 0 Å². The molecule has 0 fully saturated rings. The van der Waals surface area contributed by atoms with E-state index in [1.165, 1.54) is 10.8 Å². The van der Waals surface area contributed by atoms with Crippen LogP contribution in [0.25, 0.3) is 28.2 Å². The Morgan fingerprint density at radius 1 is 1.00 bits per heavy atom. The van der Waals surface area contributed by atoms with E-state index < -0.39 is 0 Å². The molecule has 2 N–H and O–H groups in total. The second-order valence-electron chi connectivity index (χ2n) is 7.14. The number of aromatic nitrogens is 6.